The van der Waals surface area contributed by atoms with Crippen LogP contribution in [0.15, 0.2) is 66.7 Å². The van der Waals surface area contributed by atoms with E-state index in [4.69, 9.17) is 4.74 Å². The Hall–Kier alpha value is -4.12. The molecule has 34 heavy (non-hydrogen) atoms. The highest BCUT2D eigenvalue weighted by molar-refractivity contribution is 5.82. The quantitative estimate of drug-likeness (QED) is 0.289. The van der Waals surface area contributed by atoms with Gasteiger partial charge in [-0.05, 0) is 117 Å². The van der Waals surface area contributed by atoms with Crippen LogP contribution >= 0.6 is 0 Å². The summed E-state index contributed by atoms with van der Waals surface area (Å²) in [6, 6.07) is 20.0. The summed E-state index contributed by atoms with van der Waals surface area (Å²) in [7, 11) is 0. The van der Waals surface area contributed by atoms with E-state index in [0.717, 1.165) is 44.9 Å². The van der Waals surface area contributed by atoms with Gasteiger partial charge < -0.3 is 25.0 Å². The van der Waals surface area contributed by atoms with E-state index in [9.17, 15) is 15.3 Å². The Morgan fingerprint density at radius 3 is 1.65 bits per heavy atom. The van der Waals surface area contributed by atoms with Gasteiger partial charge in [-0.15, -0.1) is 0 Å². The van der Waals surface area contributed by atoms with E-state index in [2.05, 4.69) is 4.90 Å². The van der Waals surface area contributed by atoms with Crippen molar-refractivity contribution >= 4 is 17.1 Å². The number of nitrogens with zero attached hydrogens (tertiary/aromatic N) is 1. The minimum Gasteiger partial charge on any atom is -0.508 e. The lowest BCUT2D eigenvalue weighted by Gasteiger charge is -2.30. The van der Waals surface area contributed by atoms with Crippen LogP contribution in [0.2, 0.25) is 0 Å². The molecule has 3 N–H and O–H groups in total. The third kappa shape index (κ3) is 4.25. The fourth-order valence-electron chi connectivity index (χ4n) is 3.97. The minimum atomic E-state index is 0.153. The first-order valence-electron chi connectivity index (χ1n) is 11.1. The van der Waals surface area contributed by atoms with Gasteiger partial charge in [0.1, 0.15) is 28.7 Å². The van der Waals surface area contributed by atoms with E-state index in [-0.39, 0.29) is 17.2 Å². The fourth-order valence-corrected chi connectivity index (χ4v) is 3.97. The van der Waals surface area contributed by atoms with E-state index in [1.165, 1.54) is 0 Å². The van der Waals surface area contributed by atoms with Crippen molar-refractivity contribution in [1.82, 2.24) is 0 Å². The number of benzene rings is 4. The van der Waals surface area contributed by atoms with Crippen LogP contribution in [0.1, 0.15) is 27.8 Å². The standard InChI is InChI=1S/C29H29NO4/c1-17-6-9-23(31)16-29(17)34-24-10-7-22(8-11-24)30(25-12-14-27(32)20(4)18(25)2)26-13-15-28(33)21(5)19(26)3/h6-16,31-33H,1-5H3. The molecule has 4 rings (SSSR count). The van der Waals surface area contributed by atoms with E-state index in [1.54, 1.807) is 24.3 Å². The molecule has 4 aromatic rings. The minimum absolute atomic E-state index is 0.153. The van der Waals surface area contributed by atoms with Crippen molar-refractivity contribution in [3.8, 4) is 28.7 Å². The van der Waals surface area contributed by atoms with Crippen molar-refractivity contribution in [2.24, 2.45) is 0 Å². The first kappa shape index (κ1) is 23.1. The molecule has 0 spiro atoms. The molecule has 4 aromatic carbocycles. The number of ether oxygens (including phenoxy) is 1. The summed E-state index contributed by atoms with van der Waals surface area (Å²) in [5.41, 5.74) is 7.24. The Bertz CT molecular complexity index is 1300. The van der Waals surface area contributed by atoms with Crippen molar-refractivity contribution in [3.05, 3.63) is 94.5 Å². The number of aromatic hydroxyl groups is 3. The lowest BCUT2D eigenvalue weighted by atomic mass is 10.0. The highest BCUT2D eigenvalue weighted by atomic mass is 16.5. The second-order valence-corrected chi connectivity index (χ2v) is 8.59. The van der Waals surface area contributed by atoms with Gasteiger partial charge in [-0.25, -0.2) is 0 Å². The third-order valence-electron chi connectivity index (χ3n) is 6.44. The SMILES string of the molecule is Cc1ccc(O)cc1Oc1ccc(N(c2ccc(O)c(C)c2C)c2ccc(O)c(C)c2C)cc1. The van der Waals surface area contributed by atoms with Crippen LogP contribution in [0.25, 0.3) is 0 Å². The summed E-state index contributed by atoms with van der Waals surface area (Å²) in [6.45, 7) is 9.70. The Morgan fingerprint density at radius 1 is 0.588 bits per heavy atom. The highest BCUT2D eigenvalue weighted by Crippen LogP contribution is 2.43. The molecule has 0 aliphatic carbocycles. The van der Waals surface area contributed by atoms with Gasteiger partial charge in [0.2, 0.25) is 0 Å². The molecule has 0 aromatic heterocycles. The molecule has 0 amide bonds. The molecule has 0 unspecified atom stereocenters. The second kappa shape index (κ2) is 9.02. The Labute approximate surface area is 200 Å². The zero-order valence-corrected chi connectivity index (χ0v) is 20.0. The van der Waals surface area contributed by atoms with Crippen LogP contribution in [0, 0.1) is 34.6 Å². The van der Waals surface area contributed by atoms with Crippen LogP contribution in [0.4, 0.5) is 17.1 Å². The van der Waals surface area contributed by atoms with Gasteiger partial charge in [0.05, 0.1) is 0 Å². The first-order valence-corrected chi connectivity index (χ1v) is 11.1. The van der Waals surface area contributed by atoms with E-state index in [0.29, 0.717) is 11.5 Å². The van der Waals surface area contributed by atoms with E-state index < -0.39 is 0 Å². The van der Waals surface area contributed by atoms with Gasteiger partial charge >= 0.3 is 0 Å². The Kier molecular flexibility index (Phi) is 6.12. The predicted octanol–water partition coefficient (Wildman–Crippen LogP) is 7.61. The topological polar surface area (TPSA) is 73.2 Å². The number of anilines is 3. The van der Waals surface area contributed by atoms with Crippen molar-refractivity contribution in [2.75, 3.05) is 4.90 Å². The molecule has 0 heterocycles. The molecule has 0 saturated heterocycles. The molecule has 0 aliphatic heterocycles. The van der Waals surface area contributed by atoms with Crippen molar-refractivity contribution < 1.29 is 20.1 Å². The summed E-state index contributed by atoms with van der Waals surface area (Å²) < 4.78 is 6.01. The summed E-state index contributed by atoms with van der Waals surface area (Å²) in [5.74, 6) is 1.91. The smallest absolute Gasteiger partial charge is 0.134 e. The zero-order chi connectivity index (χ0) is 24.6. The molecule has 0 radical (unpaired) electrons. The summed E-state index contributed by atoms with van der Waals surface area (Å²) in [5, 5.41) is 30.2. The van der Waals surface area contributed by atoms with Crippen LogP contribution in [0.3, 0.4) is 0 Å². The lowest BCUT2D eigenvalue weighted by Crippen LogP contribution is -2.13. The molecule has 174 valence electrons. The maximum Gasteiger partial charge on any atom is 0.134 e. The fraction of sp³-hybridized carbons (Fsp3) is 0.172. The number of phenols is 3. The Balaban J connectivity index is 1.81. The summed E-state index contributed by atoms with van der Waals surface area (Å²) in [6.07, 6.45) is 0. The molecular formula is C29H29NO4. The van der Waals surface area contributed by atoms with Crippen LogP contribution in [-0.4, -0.2) is 15.3 Å². The number of phenolic OH excluding ortho intramolecular Hbond substituents is 3. The van der Waals surface area contributed by atoms with Gasteiger partial charge in [0.15, 0.2) is 0 Å². The summed E-state index contributed by atoms with van der Waals surface area (Å²) in [4.78, 5) is 2.12. The zero-order valence-electron chi connectivity index (χ0n) is 20.0. The highest BCUT2D eigenvalue weighted by Gasteiger charge is 2.20. The predicted molar refractivity (Wildman–Crippen MR) is 136 cm³/mol. The number of hydrogen-bond donors (Lipinski definition) is 3. The largest absolute Gasteiger partial charge is 0.508 e. The average Bonchev–Trinajstić information content (AvgIpc) is 2.82. The number of rotatable bonds is 5. The average molecular weight is 456 g/mol. The Morgan fingerprint density at radius 2 is 1.12 bits per heavy atom. The maximum absolute atomic E-state index is 10.2. The molecule has 0 saturated carbocycles. The molecular weight excluding hydrogens is 426 g/mol. The normalized spacial score (nSPS) is 10.9. The molecule has 5 nitrogen and oxygen atoms in total. The second-order valence-electron chi connectivity index (χ2n) is 8.59. The molecule has 5 heteroatoms. The van der Waals surface area contributed by atoms with Crippen LogP contribution < -0.4 is 9.64 Å². The van der Waals surface area contributed by atoms with E-state index in [1.807, 2.05) is 77.1 Å². The van der Waals surface area contributed by atoms with Gasteiger partial charge in [0, 0.05) is 23.1 Å². The van der Waals surface area contributed by atoms with Crippen LogP contribution in [-0.2, 0) is 0 Å². The number of aryl methyl sites for hydroxylation is 1. The molecule has 0 aliphatic rings. The van der Waals surface area contributed by atoms with Crippen molar-refractivity contribution in [3.63, 3.8) is 0 Å². The van der Waals surface area contributed by atoms with Crippen LogP contribution in [0.5, 0.6) is 28.7 Å². The summed E-state index contributed by atoms with van der Waals surface area (Å²) >= 11 is 0. The van der Waals surface area contributed by atoms with Gasteiger partial charge in [0.25, 0.3) is 0 Å². The van der Waals surface area contributed by atoms with Gasteiger partial charge in [-0.1, -0.05) is 6.07 Å². The lowest BCUT2D eigenvalue weighted by molar-refractivity contribution is 0.453. The van der Waals surface area contributed by atoms with Crippen molar-refractivity contribution in [1.29, 1.82) is 0 Å². The molecule has 0 bridgehead atoms. The first-order chi connectivity index (χ1) is 16.2. The number of hydrogen-bond acceptors (Lipinski definition) is 5. The van der Waals surface area contributed by atoms with Gasteiger partial charge in [-0.3, -0.25) is 0 Å². The van der Waals surface area contributed by atoms with Crippen molar-refractivity contribution in [2.45, 2.75) is 34.6 Å². The molecule has 0 atom stereocenters. The van der Waals surface area contributed by atoms with E-state index >= 15 is 0 Å². The molecule has 0 fully saturated rings. The third-order valence-corrected chi connectivity index (χ3v) is 6.44. The maximum atomic E-state index is 10.2. The monoisotopic (exact) mass is 455 g/mol. The van der Waals surface area contributed by atoms with Gasteiger partial charge in [-0.2, -0.15) is 0 Å².